The summed E-state index contributed by atoms with van der Waals surface area (Å²) in [5.41, 5.74) is 2.44. The van der Waals surface area contributed by atoms with Crippen LogP contribution in [-0.2, 0) is 6.54 Å². The average Bonchev–Trinajstić information content (AvgIpc) is 2.82. The van der Waals surface area contributed by atoms with Crippen LogP contribution in [0.5, 0.6) is 5.75 Å². The van der Waals surface area contributed by atoms with Crippen LogP contribution in [-0.4, -0.2) is 15.9 Å². The lowest BCUT2D eigenvalue weighted by Gasteiger charge is -2.22. The van der Waals surface area contributed by atoms with Gasteiger partial charge in [0.1, 0.15) is 0 Å². The molecule has 3 rings (SSSR count). The average molecular weight is 305 g/mol. The maximum Gasteiger partial charge on any atom is 0.176 e. The molecule has 1 fully saturated rings. The minimum atomic E-state index is 0.299. The molecular weight excluding hydrogens is 284 g/mol. The van der Waals surface area contributed by atoms with Crippen LogP contribution < -0.4 is 4.74 Å². The summed E-state index contributed by atoms with van der Waals surface area (Å²) >= 11 is 6.41. The van der Waals surface area contributed by atoms with Gasteiger partial charge in [-0.05, 0) is 38.2 Å². The fourth-order valence-corrected chi connectivity index (χ4v) is 3.09. The molecule has 0 saturated heterocycles. The van der Waals surface area contributed by atoms with E-state index in [4.69, 9.17) is 16.3 Å². The Bertz CT molecular complexity index is 603. The van der Waals surface area contributed by atoms with Crippen molar-refractivity contribution < 1.29 is 4.74 Å². The van der Waals surface area contributed by atoms with Crippen LogP contribution in [0.3, 0.4) is 0 Å². The quantitative estimate of drug-likeness (QED) is 0.825. The predicted molar refractivity (Wildman–Crippen MR) is 85.0 cm³/mol. The summed E-state index contributed by atoms with van der Waals surface area (Å²) in [5, 5.41) is 4.97. The third-order valence-electron chi connectivity index (χ3n) is 4.00. The van der Waals surface area contributed by atoms with Gasteiger partial charge in [-0.3, -0.25) is 0 Å². The Morgan fingerprint density at radius 2 is 2.10 bits per heavy atom. The Morgan fingerprint density at radius 3 is 2.86 bits per heavy atom. The van der Waals surface area contributed by atoms with Crippen molar-refractivity contribution in [3.05, 3.63) is 46.7 Å². The van der Waals surface area contributed by atoms with Crippen LogP contribution in [0.4, 0.5) is 0 Å². The molecule has 1 aromatic carbocycles. The molecule has 0 atom stereocenters. The van der Waals surface area contributed by atoms with Crippen LogP contribution >= 0.6 is 11.6 Å². The number of nitrogens with zero attached hydrogens (tertiary/aromatic N) is 2. The second-order valence-electron chi connectivity index (χ2n) is 5.82. The van der Waals surface area contributed by atoms with Crippen molar-refractivity contribution in [1.82, 2.24) is 9.78 Å². The number of hydrogen-bond acceptors (Lipinski definition) is 2. The molecule has 0 bridgehead atoms. The van der Waals surface area contributed by atoms with Crippen molar-refractivity contribution in [2.75, 3.05) is 0 Å². The van der Waals surface area contributed by atoms with Crippen molar-refractivity contribution >= 4 is 11.6 Å². The molecule has 0 radical (unpaired) electrons. The Kier molecular flexibility index (Phi) is 4.49. The zero-order valence-corrected chi connectivity index (χ0v) is 13.1. The van der Waals surface area contributed by atoms with E-state index < -0.39 is 0 Å². The van der Waals surface area contributed by atoms with Gasteiger partial charge in [0, 0.05) is 0 Å². The first-order valence-corrected chi connectivity index (χ1v) is 8.03. The van der Waals surface area contributed by atoms with Crippen LogP contribution in [0.25, 0.3) is 0 Å². The van der Waals surface area contributed by atoms with Gasteiger partial charge in [0.2, 0.25) is 0 Å². The van der Waals surface area contributed by atoms with E-state index in [2.05, 4.69) is 36.3 Å². The number of benzene rings is 1. The summed E-state index contributed by atoms with van der Waals surface area (Å²) in [6, 6.07) is 8.39. The molecule has 0 N–H and O–H groups in total. The van der Waals surface area contributed by atoms with Crippen LogP contribution in [0.2, 0.25) is 5.15 Å². The van der Waals surface area contributed by atoms with Crippen LogP contribution in [0.15, 0.2) is 30.5 Å². The first-order chi connectivity index (χ1) is 10.2. The third kappa shape index (κ3) is 3.59. The fourth-order valence-electron chi connectivity index (χ4n) is 2.89. The molecule has 21 heavy (non-hydrogen) atoms. The van der Waals surface area contributed by atoms with Gasteiger partial charge in [0.15, 0.2) is 10.9 Å². The van der Waals surface area contributed by atoms with Crippen LogP contribution in [0, 0.1) is 6.92 Å². The lowest BCUT2D eigenvalue weighted by molar-refractivity contribution is 0.155. The molecule has 1 aromatic heterocycles. The molecule has 4 heteroatoms. The molecule has 2 aromatic rings. The lowest BCUT2D eigenvalue weighted by atomic mass is 9.98. The van der Waals surface area contributed by atoms with Gasteiger partial charge in [-0.25, -0.2) is 4.68 Å². The summed E-state index contributed by atoms with van der Waals surface area (Å²) < 4.78 is 7.81. The van der Waals surface area contributed by atoms with Gasteiger partial charge < -0.3 is 4.74 Å². The highest BCUT2D eigenvalue weighted by Gasteiger charge is 2.18. The molecule has 0 spiro atoms. The molecule has 112 valence electrons. The zero-order chi connectivity index (χ0) is 14.7. The van der Waals surface area contributed by atoms with Crippen molar-refractivity contribution in [3.8, 4) is 5.75 Å². The van der Waals surface area contributed by atoms with E-state index in [0.29, 0.717) is 17.8 Å². The van der Waals surface area contributed by atoms with Crippen molar-refractivity contribution in [2.24, 2.45) is 0 Å². The SMILES string of the molecule is Cc1cccc(Cn2ncc(OC3CCCCC3)c2Cl)c1. The van der Waals surface area contributed by atoms with Gasteiger partial charge >= 0.3 is 0 Å². The number of ether oxygens (including phenoxy) is 1. The molecule has 1 aliphatic carbocycles. The summed E-state index contributed by atoms with van der Waals surface area (Å²) in [6.07, 6.45) is 8.11. The highest BCUT2D eigenvalue weighted by molar-refractivity contribution is 6.31. The topological polar surface area (TPSA) is 27.1 Å². The van der Waals surface area contributed by atoms with Crippen molar-refractivity contribution in [1.29, 1.82) is 0 Å². The number of aryl methyl sites for hydroxylation is 1. The second-order valence-corrected chi connectivity index (χ2v) is 6.18. The number of hydrogen-bond donors (Lipinski definition) is 0. The van der Waals surface area contributed by atoms with E-state index in [9.17, 15) is 0 Å². The van der Waals surface area contributed by atoms with Crippen molar-refractivity contribution in [2.45, 2.75) is 51.7 Å². The summed E-state index contributed by atoms with van der Waals surface area (Å²) in [4.78, 5) is 0. The zero-order valence-electron chi connectivity index (χ0n) is 12.4. The fraction of sp³-hybridized carbons (Fsp3) is 0.471. The summed E-state index contributed by atoms with van der Waals surface area (Å²) in [6.45, 7) is 2.76. The molecule has 1 saturated carbocycles. The summed E-state index contributed by atoms with van der Waals surface area (Å²) in [5.74, 6) is 0.719. The van der Waals surface area contributed by atoms with Gasteiger partial charge in [-0.2, -0.15) is 5.10 Å². The molecule has 0 unspecified atom stereocenters. The van der Waals surface area contributed by atoms with E-state index in [0.717, 1.165) is 18.6 Å². The molecular formula is C17H21ClN2O. The molecule has 1 heterocycles. The Labute approximate surface area is 130 Å². The third-order valence-corrected chi connectivity index (χ3v) is 4.39. The first-order valence-electron chi connectivity index (χ1n) is 7.66. The smallest absolute Gasteiger partial charge is 0.176 e. The van der Waals surface area contributed by atoms with Crippen molar-refractivity contribution in [3.63, 3.8) is 0 Å². The molecule has 0 aliphatic heterocycles. The maximum absolute atomic E-state index is 6.41. The van der Waals surface area contributed by atoms with Gasteiger partial charge in [-0.15, -0.1) is 0 Å². The Balaban J connectivity index is 1.70. The Morgan fingerprint density at radius 1 is 1.29 bits per heavy atom. The number of rotatable bonds is 4. The molecule has 3 nitrogen and oxygen atoms in total. The second kappa shape index (κ2) is 6.52. The maximum atomic E-state index is 6.41. The van der Waals surface area contributed by atoms with Gasteiger partial charge in [0.05, 0.1) is 18.8 Å². The highest BCUT2D eigenvalue weighted by atomic mass is 35.5. The minimum Gasteiger partial charge on any atom is -0.486 e. The normalized spacial score (nSPS) is 16.1. The van der Waals surface area contributed by atoms with E-state index in [1.54, 1.807) is 10.9 Å². The predicted octanol–water partition coefficient (Wildman–Crippen LogP) is 4.60. The molecule has 0 amide bonds. The van der Waals surface area contributed by atoms with E-state index >= 15 is 0 Å². The Hall–Kier alpha value is -1.48. The van der Waals surface area contributed by atoms with E-state index in [1.165, 1.54) is 30.4 Å². The van der Waals surface area contributed by atoms with Crippen LogP contribution in [0.1, 0.15) is 43.2 Å². The first kappa shape index (κ1) is 14.5. The summed E-state index contributed by atoms with van der Waals surface area (Å²) in [7, 11) is 0. The minimum absolute atomic E-state index is 0.299. The van der Waals surface area contributed by atoms with E-state index in [1.807, 2.05) is 0 Å². The number of halogens is 1. The standard InChI is InChI=1S/C17H21ClN2O/c1-13-6-5-7-14(10-13)12-20-17(18)16(11-19-20)21-15-8-3-2-4-9-15/h5-7,10-11,15H,2-4,8-9,12H2,1H3. The largest absolute Gasteiger partial charge is 0.486 e. The molecule has 1 aliphatic rings. The highest BCUT2D eigenvalue weighted by Crippen LogP contribution is 2.29. The lowest BCUT2D eigenvalue weighted by Crippen LogP contribution is -2.19. The van der Waals surface area contributed by atoms with Gasteiger partial charge in [0.25, 0.3) is 0 Å². The van der Waals surface area contributed by atoms with E-state index in [-0.39, 0.29) is 0 Å². The van der Waals surface area contributed by atoms with Gasteiger partial charge in [-0.1, -0.05) is 47.9 Å². The monoisotopic (exact) mass is 304 g/mol. The number of aromatic nitrogens is 2.